The average molecular weight is 306 g/mol. The number of ether oxygens (including phenoxy) is 1. The molecule has 1 fully saturated rings. The third-order valence-corrected chi connectivity index (χ3v) is 4.75. The fourth-order valence-electron chi connectivity index (χ4n) is 1.43. The largest absolute Gasteiger partial charge is 0.444 e. The lowest BCUT2D eigenvalue weighted by molar-refractivity contribution is -0.125. The number of hydrogen-bond acceptors (Lipinski definition) is 5. The van der Waals surface area contributed by atoms with Gasteiger partial charge in [0.1, 0.15) is 5.60 Å². The Morgan fingerprint density at radius 2 is 2.05 bits per heavy atom. The number of nitrogens with zero attached hydrogens (tertiary/aromatic N) is 1. The minimum atomic E-state index is -0.509. The molecular formula is C12H22N2O3S2. The summed E-state index contributed by atoms with van der Waals surface area (Å²) in [6.45, 7) is 6.53. The third-order valence-electron chi connectivity index (χ3n) is 2.27. The van der Waals surface area contributed by atoms with Gasteiger partial charge in [-0.1, -0.05) is 10.8 Å². The van der Waals surface area contributed by atoms with Crippen LogP contribution in [-0.2, 0) is 9.53 Å². The smallest absolute Gasteiger partial charge is 0.407 e. The normalized spacial score (nSPS) is 16.7. The van der Waals surface area contributed by atoms with Gasteiger partial charge in [0.15, 0.2) is 0 Å². The maximum absolute atomic E-state index is 11.9. The third kappa shape index (κ3) is 7.57. The van der Waals surface area contributed by atoms with Gasteiger partial charge in [0, 0.05) is 36.2 Å². The van der Waals surface area contributed by atoms with Crippen molar-refractivity contribution in [3.63, 3.8) is 0 Å². The van der Waals surface area contributed by atoms with Crippen LogP contribution in [0.5, 0.6) is 0 Å². The Labute approximate surface area is 122 Å². The fourth-order valence-corrected chi connectivity index (χ4v) is 3.76. The molecule has 7 heteroatoms. The van der Waals surface area contributed by atoms with Crippen LogP contribution in [0.1, 0.15) is 40.0 Å². The van der Waals surface area contributed by atoms with Gasteiger partial charge in [-0.05, 0) is 33.6 Å². The van der Waals surface area contributed by atoms with Crippen LogP contribution in [0, 0.1) is 0 Å². The number of amides is 2. The highest BCUT2D eigenvalue weighted by molar-refractivity contribution is 8.75. The van der Waals surface area contributed by atoms with Crippen molar-refractivity contribution in [1.82, 2.24) is 9.62 Å². The molecule has 0 aliphatic carbocycles. The van der Waals surface area contributed by atoms with E-state index in [1.807, 2.05) is 20.8 Å². The zero-order valence-corrected chi connectivity index (χ0v) is 13.4. The Morgan fingerprint density at radius 1 is 1.32 bits per heavy atom. The van der Waals surface area contributed by atoms with E-state index in [0.717, 1.165) is 25.1 Å². The molecule has 1 N–H and O–H groups in total. The average Bonchev–Trinajstić information content (AvgIpc) is 2.54. The van der Waals surface area contributed by atoms with Crippen LogP contribution in [0.4, 0.5) is 4.79 Å². The molecule has 19 heavy (non-hydrogen) atoms. The molecule has 1 saturated heterocycles. The van der Waals surface area contributed by atoms with Gasteiger partial charge in [0.2, 0.25) is 5.91 Å². The van der Waals surface area contributed by atoms with Gasteiger partial charge in [-0.25, -0.2) is 4.79 Å². The van der Waals surface area contributed by atoms with Crippen LogP contribution in [0.15, 0.2) is 0 Å². The summed E-state index contributed by atoms with van der Waals surface area (Å²) in [7, 11) is 3.23. The summed E-state index contributed by atoms with van der Waals surface area (Å²) >= 11 is 0. The molecule has 0 aromatic rings. The van der Waals surface area contributed by atoms with Gasteiger partial charge >= 0.3 is 6.09 Å². The summed E-state index contributed by atoms with van der Waals surface area (Å²) in [5, 5.41) is 2.60. The lowest BCUT2D eigenvalue weighted by Crippen LogP contribution is -2.35. The van der Waals surface area contributed by atoms with Gasteiger partial charge in [-0.2, -0.15) is 0 Å². The summed E-state index contributed by atoms with van der Waals surface area (Å²) < 4.78 is 6.89. The predicted octanol–water partition coefficient (Wildman–Crippen LogP) is 2.82. The van der Waals surface area contributed by atoms with Crippen LogP contribution in [0.3, 0.4) is 0 Å². The number of hydrogen-bond donors (Lipinski definition) is 1. The van der Waals surface area contributed by atoms with Gasteiger partial charge in [-0.15, -0.1) is 0 Å². The monoisotopic (exact) mass is 306 g/mol. The predicted molar refractivity (Wildman–Crippen MR) is 79.8 cm³/mol. The number of alkyl carbamates (subject to hydrolysis) is 1. The molecule has 110 valence electrons. The zero-order chi connectivity index (χ0) is 14.3. The summed E-state index contributed by atoms with van der Waals surface area (Å²) in [6, 6.07) is 0. The first-order chi connectivity index (χ1) is 8.88. The lowest BCUT2D eigenvalue weighted by atomic mass is 10.2. The zero-order valence-electron chi connectivity index (χ0n) is 11.7. The minimum absolute atomic E-state index is 0.0652. The van der Waals surface area contributed by atoms with Crippen molar-refractivity contribution in [2.45, 2.75) is 45.6 Å². The Balaban J connectivity index is 2.21. The first-order valence-corrected chi connectivity index (χ1v) is 8.73. The SMILES string of the molecule is CC(C)(C)OC(=O)NCCC(=O)N1CCCCSS1. The van der Waals surface area contributed by atoms with E-state index < -0.39 is 11.7 Å². The molecule has 0 aromatic carbocycles. The van der Waals surface area contributed by atoms with Crippen molar-refractivity contribution in [3.8, 4) is 0 Å². The molecule has 1 aliphatic rings. The van der Waals surface area contributed by atoms with Crippen LogP contribution in [0.2, 0.25) is 0 Å². The van der Waals surface area contributed by atoms with Gasteiger partial charge in [-0.3, -0.25) is 9.10 Å². The van der Waals surface area contributed by atoms with E-state index >= 15 is 0 Å². The second kappa shape index (κ2) is 7.89. The van der Waals surface area contributed by atoms with Crippen molar-refractivity contribution in [2.75, 3.05) is 18.8 Å². The first-order valence-electron chi connectivity index (χ1n) is 6.45. The molecule has 0 spiro atoms. The van der Waals surface area contributed by atoms with Crippen molar-refractivity contribution < 1.29 is 14.3 Å². The van der Waals surface area contributed by atoms with Crippen molar-refractivity contribution in [3.05, 3.63) is 0 Å². The van der Waals surface area contributed by atoms with E-state index in [1.165, 1.54) is 11.0 Å². The van der Waals surface area contributed by atoms with E-state index in [-0.39, 0.29) is 5.91 Å². The molecular weight excluding hydrogens is 284 g/mol. The maximum atomic E-state index is 11.9. The quantitative estimate of drug-likeness (QED) is 0.642. The molecule has 1 aliphatic heterocycles. The molecule has 1 heterocycles. The molecule has 5 nitrogen and oxygen atoms in total. The van der Waals surface area contributed by atoms with Crippen LogP contribution >= 0.6 is 21.8 Å². The summed E-state index contributed by atoms with van der Waals surface area (Å²) in [4.78, 5) is 23.3. The molecule has 2 amide bonds. The van der Waals surface area contributed by atoms with Gasteiger partial charge < -0.3 is 10.1 Å². The summed E-state index contributed by atoms with van der Waals surface area (Å²) in [5.74, 6) is 1.15. The molecule has 1 rings (SSSR count). The first kappa shape index (κ1) is 16.5. The highest BCUT2D eigenvalue weighted by Crippen LogP contribution is 2.30. The van der Waals surface area contributed by atoms with Crippen molar-refractivity contribution in [2.24, 2.45) is 0 Å². The highest BCUT2D eigenvalue weighted by Gasteiger charge is 2.18. The van der Waals surface area contributed by atoms with Crippen LogP contribution < -0.4 is 5.32 Å². The molecule has 0 bridgehead atoms. The second-order valence-electron chi connectivity index (χ2n) is 5.28. The van der Waals surface area contributed by atoms with Crippen molar-refractivity contribution in [1.29, 1.82) is 0 Å². The summed E-state index contributed by atoms with van der Waals surface area (Å²) in [6.07, 6.45) is 2.04. The number of carbonyl (C=O) groups is 2. The number of carbonyl (C=O) groups excluding carboxylic acids is 2. The van der Waals surface area contributed by atoms with E-state index in [1.54, 1.807) is 15.1 Å². The van der Waals surface area contributed by atoms with E-state index in [2.05, 4.69) is 5.32 Å². The van der Waals surface area contributed by atoms with Crippen molar-refractivity contribution >= 4 is 33.8 Å². The maximum Gasteiger partial charge on any atom is 0.407 e. The Bertz CT molecular complexity index is 311. The summed E-state index contributed by atoms with van der Waals surface area (Å²) in [5.41, 5.74) is -0.509. The van der Waals surface area contributed by atoms with Crippen LogP contribution in [-0.4, -0.2) is 40.7 Å². The van der Waals surface area contributed by atoms with Gasteiger partial charge in [0.05, 0.1) is 0 Å². The molecule has 0 radical (unpaired) electrons. The van der Waals surface area contributed by atoms with E-state index in [0.29, 0.717) is 13.0 Å². The number of nitrogens with one attached hydrogen (secondary N) is 1. The van der Waals surface area contributed by atoms with Gasteiger partial charge in [0.25, 0.3) is 0 Å². The Hall–Kier alpha value is -0.560. The fraction of sp³-hybridized carbons (Fsp3) is 0.833. The lowest BCUT2D eigenvalue weighted by Gasteiger charge is -2.20. The Morgan fingerprint density at radius 3 is 2.74 bits per heavy atom. The minimum Gasteiger partial charge on any atom is -0.444 e. The molecule has 0 saturated carbocycles. The highest BCUT2D eigenvalue weighted by atomic mass is 33.1. The molecule has 0 aromatic heterocycles. The topological polar surface area (TPSA) is 58.6 Å². The van der Waals surface area contributed by atoms with E-state index in [9.17, 15) is 9.59 Å². The van der Waals surface area contributed by atoms with Crippen LogP contribution in [0.25, 0.3) is 0 Å². The molecule has 0 unspecified atom stereocenters. The number of rotatable bonds is 3. The Kier molecular flexibility index (Phi) is 6.85. The standard InChI is InChI=1S/C12H22N2O3S2/c1-12(2,3)17-11(16)13-7-6-10(15)14-8-4-5-9-18-19-14/h4-9H2,1-3H3,(H,13,16). The molecule has 0 atom stereocenters. The second-order valence-corrected chi connectivity index (χ2v) is 7.67. The van der Waals surface area contributed by atoms with E-state index in [4.69, 9.17) is 4.74 Å².